The van der Waals surface area contributed by atoms with Gasteiger partial charge in [0.15, 0.2) is 0 Å². The van der Waals surface area contributed by atoms with Crippen LogP contribution in [0.1, 0.15) is 22.6 Å². The van der Waals surface area contributed by atoms with E-state index in [4.69, 9.17) is 4.74 Å². The minimum absolute atomic E-state index is 0.0850. The molecule has 144 valence electrons. The molecule has 8 nitrogen and oxygen atoms in total. The molecule has 0 aliphatic carbocycles. The number of hydrogen-bond donors (Lipinski definition) is 1. The van der Waals surface area contributed by atoms with E-state index in [1.54, 1.807) is 9.88 Å². The number of rotatable bonds is 4. The quantitative estimate of drug-likeness (QED) is 0.641. The number of methoxy groups -OCH3 is 1. The van der Waals surface area contributed by atoms with Gasteiger partial charge in [0.25, 0.3) is 11.2 Å². The van der Waals surface area contributed by atoms with Crippen molar-refractivity contribution in [1.29, 1.82) is 0 Å². The van der Waals surface area contributed by atoms with Crippen molar-refractivity contribution in [3.8, 4) is 5.75 Å². The molecule has 0 fully saturated rings. The van der Waals surface area contributed by atoms with Gasteiger partial charge in [0, 0.05) is 43.8 Å². The number of halogens is 3. The Morgan fingerprint density at radius 2 is 2.15 bits per heavy atom. The number of ether oxygens (including phenoxy) is 1. The van der Waals surface area contributed by atoms with Gasteiger partial charge < -0.3 is 9.72 Å². The smallest absolute Gasteiger partial charge is 0.449 e. The normalized spacial score (nSPS) is 14.7. The first kappa shape index (κ1) is 18.8. The summed E-state index contributed by atoms with van der Waals surface area (Å²) >= 11 is 0. The van der Waals surface area contributed by atoms with Gasteiger partial charge >= 0.3 is 6.18 Å². The maximum Gasteiger partial charge on any atom is 0.449 e. The van der Waals surface area contributed by atoms with E-state index >= 15 is 0 Å². The fraction of sp³-hybridized carbons (Fsp3) is 0.375. The topological polar surface area (TPSA) is 101 Å². The summed E-state index contributed by atoms with van der Waals surface area (Å²) in [6.45, 7) is 0.680. The zero-order valence-corrected chi connectivity index (χ0v) is 14.2. The minimum Gasteiger partial charge on any atom is -0.496 e. The van der Waals surface area contributed by atoms with Gasteiger partial charge in [-0.15, -0.1) is 0 Å². The lowest BCUT2D eigenvalue weighted by atomic mass is 10.1. The average Bonchev–Trinajstić information content (AvgIpc) is 2.61. The number of H-pyrrole nitrogens is 1. The monoisotopic (exact) mass is 384 g/mol. The highest BCUT2D eigenvalue weighted by atomic mass is 19.4. The number of alkyl halides is 3. The first-order valence-corrected chi connectivity index (χ1v) is 7.92. The number of aromatic amines is 1. The van der Waals surface area contributed by atoms with Crippen LogP contribution in [-0.2, 0) is 25.7 Å². The van der Waals surface area contributed by atoms with Crippen LogP contribution in [0.4, 0.5) is 18.9 Å². The van der Waals surface area contributed by atoms with Crippen molar-refractivity contribution in [3.63, 3.8) is 0 Å². The molecule has 0 radical (unpaired) electrons. The molecule has 0 bridgehead atoms. The number of aromatic nitrogens is 2. The van der Waals surface area contributed by atoms with Crippen LogP contribution in [0.3, 0.4) is 0 Å². The zero-order chi connectivity index (χ0) is 19.8. The predicted octanol–water partition coefficient (Wildman–Crippen LogP) is 2.26. The summed E-state index contributed by atoms with van der Waals surface area (Å²) in [4.78, 5) is 29.6. The van der Waals surface area contributed by atoms with Crippen molar-refractivity contribution >= 4 is 5.69 Å². The molecule has 0 atom stereocenters. The number of benzene rings is 1. The van der Waals surface area contributed by atoms with Crippen LogP contribution in [-0.4, -0.2) is 33.4 Å². The van der Waals surface area contributed by atoms with Gasteiger partial charge in [0.2, 0.25) is 5.82 Å². The van der Waals surface area contributed by atoms with Crippen LogP contribution in [0.15, 0.2) is 23.0 Å². The number of non-ortho nitro benzene ring substituents is 1. The van der Waals surface area contributed by atoms with Crippen LogP contribution >= 0.6 is 0 Å². The zero-order valence-electron chi connectivity index (χ0n) is 14.2. The number of nitrogens with one attached hydrogen (secondary N) is 1. The maximum absolute atomic E-state index is 12.8. The van der Waals surface area contributed by atoms with Crippen molar-refractivity contribution in [2.45, 2.75) is 25.7 Å². The lowest BCUT2D eigenvalue weighted by Crippen LogP contribution is -2.36. The average molecular weight is 384 g/mol. The Morgan fingerprint density at radius 1 is 1.41 bits per heavy atom. The number of nitro benzene ring substituents is 1. The van der Waals surface area contributed by atoms with Gasteiger partial charge in [-0.2, -0.15) is 13.2 Å². The highest BCUT2D eigenvalue weighted by Gasteiger charge is 2.36. The molecule has 11 heteroatoms. The molecule has 1 aromatic heterocycles. The summed E-state index contributed by atoms with van der Waals surface area (Å²) in [7, 11) is 1.43. The second kappa shape index (κ2) is 6.99. The SMILES string of the molecule is COc1ccc([N+](=O)[O-])cc1CN1CCc2nc(C(F)(F)F)[nH]c(=O)c2C1. The van der Waals surface area contributed by atoms with Crippen LogP contribution in [0.25, 0.3) is 0 Å². The van der Waals surface area contributed by atoms with Crippen LogP contribution < -0.4 is 10.3 Å². The molecule has 0 amide bonds. The minimum atomic E-state index is -4.72. The maximum atomic E-state index is 12.8. The molecule has 0 spiro atoms. The highest BCUT2D eigenvalue weighted by molar-refractivity contribution is 5.44. The fourth-order valence-corrected chi connectivity index (χ4v) is 2.99. The number of nitro groups is 1. The summed E-state index contributed by atoms with van der Waals surface area (Å²) < 4.78 is 43.5. The molecular weight excluding hydrogens is 369 g/mol. The Morgan fingerprint density at radius 3 is 2.78 bits per heavy atom. The number of fused-ring (bicyclic) bond motifs is 1. The molecule has 27 heavy (non-hydrogen) atoms. The van der Waals surface area contributed by atoms with Crippen LogP contribution in [0.5, 0.6) is 5.75 Å². The molecule has 3 rings (SSSR count). The van der Waals surface area contributed by atoms with Gasteiger partial charge in [-0.1, -0.05) is 0 Å². The van der Waals surface area contributed by atoms with Crippen molar-refractivity contribution in [2.24, 2.45) is 0 Å². The summed E-state index contributed by atoms with van der Waals surface area (Å²) in [6, 6.07) is 4.18. The summed E-state index contributed by atoms with van der Waals surface area (Å²) in [6.07, 6.45) is -4.55. The van der Waals surface area contributed by atoms with Crippen LogP contribution in [0.2, 0.25) is 0 Å². The van der Waals surface area contributed by atoms with E-state index in [0.717, 1.165) is 0 Å². The van der Waals surface area contributed by atoms with E-state index in [1.165, 1.54) is 25.3 Å². The Balaban J connectivity index is 1.86. The van der Waals surface area contributed by atoms with Gasteiger partial charge in [-0.3, -0.25) is 19.8 Å². The van der Waals surface area contributed by atoms with Crippen molar-refractivity contribution < 1.29 is 22.8 Å². The van der Waals surface area contributed by atoms with Crippen LogP contribution in [0, 0.1) is 10.1 Å². The highest BCUT2D eigenvalue weighted by Crippen LogP contribution is 2.28. The van der Waals surface area contributed by atoms with Gasteiger partial charge in [0.1, 0.15) is 5.75 Å². The molecule has 0 unspecified atom stereocenters. The van der Waals surface area contributed by atoms with Gasteiger partial charge in [0.05, 0.1) is 23.3 Å². The van der Waals surface area contributed by atoms with E-state index in [-0.39, 0.29) is 36.5 Å². The Hall–Kier alpha value is -2.95. The Kier molecular flexibility index (Phi) is 4.87. The van der Waals surface area contributed by atoms with Gasteiger partial charge in [-0.05, 0) is 6.07 Å². The first-order chi connectivity index (χ1) is 12.7. The molecule has 1 aliphatic rings. The number of nitrogens with zero attached hydrogens (tertiary/aromatic N) is 3. The van der Waals surface area contributed by atoms with E-state index in [9.17, 15) is 28.1 Å². The standard InChI is InChI=1S/C16H15F3N4O4/c1-27-13-3-2-10(23(25)26)6-9(13)7-22-5-4-12-11(8-22)14(24)21-15(20-12)16(17,18)19/h2-3,6H,4-5,7-8H2,1H3,(H,20,21,24). The summed E-state index contributed by atoms with van der Waals surface area (Å²) in [5.74, 6) is -0.856. The lowest BCUT2D eigenvalue weighted by Gasteiger charge is -2.28. The van der Waals surface area contributed by atoms with E-state index in [0.29, 0.717) is 17.9 Å². The largest absolute Gasteiger partial charge is 0.496 e. The molecule has 1 aromatic carbocycles. The Labute approximate surface area is 150 Å². The molecule has 2 aromatic rings. The second-order valence-electron chi connectivity index (χ2n) is 6.05. The molecule has 0 saturated carbocycles. The van der Waals surface area contributed by atoms with Crippen molar-refractivity contribution in [3.05, 3.63) is 61.3 Å². The van der Waals surface area contributed by atoms with Crippen molar-refractivity contribution in [2.75, 3.05) is 13.7 Å². The van der Waals surface area contributed by atoms with E-state index < -0.39 is 22.5 Å². The summed E-state index contributed by atoms with van der Waals surface area (Å²) in [5, 5.41) is 11.0. The summed E-state index contributed by atoms with van der Waals surface area (Å²) in [5.41, 5.74) is -0.0981. The fourth-order valence-electron chi connectivity index (χ4n) is 2.99. The third-order valence-corrected chi connectivity index (χ3v) is 4.28. The molecular formula is C16H15F3N4O4. The lowest BCUT2D eigenvalue weighted by molar-refractivity contribution is -0.385. The van der Waals surface area contributed by atoms with E-state index in [1.807, 2.05) is 0 Å². The van der Waals surface area contributed by atoms with Gasteiger partial charge in [-0.25, -0.2) is 4.98 Å². The molecule has 2 heterocycles. The predicted molar refractivity (Wildman–Crippen MR) is 87.3 cm³/mol. The second-order valence-corrected chi connectivity index (χ2v) is 6.05. The molecule has 1 N–H and O–H groups in total. The third kappa shape index (κ3) is 3.92. The third-order valence-electron chi connectivity index (χ3n) is 4.28. The number of hydrogen-bond acceptors (Lipinski definition) is 6. The molecule has 0 saturated heterocycles. The first-order valence-electron chi connectivity index (χ1n) is 7.92. The Bertz CT molecular complexity index is 942. The van der Waals surface area contributed by atoms with E-state index in [2.05, 4.69) is 4.98 Å². The van der Waals surface area contributed by atoms with Crippen molar-refractivity contribution in [1.82, 2.24) is 14.9 Å². The molecule has 1 aliphatic heterocycles.